The molecule has 3 N–H and O–H groups in total. The maximum atomic E-state index is 12.2. The number of nitrogens with two attached hydrogens (primary N) is 1. The SMILES string of the molecule is Cn1c(=O)ccc2nc(-c3ccc(C4(N)CC(O)(C5CC5)C4)cc3)c(-c3ccccc3)cc21. The van der Waals surface area contributed by atoms with Gasteiger partial charge in [0, 0.05) is 29.8 Å². The zero-order valence-electron chi connectivity index (χ0n) is 18.7. The summed E-state index contributed by atoms with van der Waals surface area (Å²) in [4.78, 5) is 17.2. The fraction of sp³-hybridized carbons (Fsp3) is 0.286. The number of nitrogens with zero attached hydrogens (tertiary/aromatic N) is 2. The van der Waals surface area contributed by atoms with E-state index in [2.05, 4.69) is 42.5 Å². The van der Waals surface area contributed by atoms with Crippen molar-refractivity contribution in [1.82, 2.24) is 9.55 Å². The minimum Gasteiger partial charge on any atom is -0.389 e. The molecular formula is C28H27N3O2. The van der Waals surface area contributed by atoms with Crippen molar-refractivity contribution in [2.75, 3.05) is 0 Å². The summed E-state index contributed by atoms with van der Waals surface area (Å²) in [6.07, 6.45) is 3.49. The highest BCUT2D eigenvalue weighted by molar-refractivity contribution is 5.90. The lowest BCUT2D eigenvalue weighted by atomic mass is 9.60. The van der Waals surface area contributed by atoms with E-state index >= 15 is 0 Å². The summed E-state index contributed by atoms with van der Waals surface area (Å²) in [5, 5.41) is 10.8. The summed E-state index contributed by atoms with van der Waals surface area (Å²) in [6.45, 7) is 0. The van der Waals surface area contributed by atoms with E-state index in [0.29, 0.717) is 18.8 Å². The largest absolute Gasteiger partial charge is 0.389 e. The Hall–Kier alpha value is -3.28. The summed E-state index contributed by atoms with van der Waals surface area (Å²) in [6, 6.07) is 23.8. The molecule has 166 valence electrons. The highest BCUT2D eigenvalue weighted by atomic mass is 16.3. The molecular weight excluding hydrogens is 410 g/mol. The lowest BCUT2D eigenvalue weighted by Gasteiger charge is -2.52. The number of benzene rings is 2. The molecule has 0 atom stereocenters. The Kier molecular flexibility index (Phi) is 4.38. The average molecular weight is 438 g/mol. The molecule has 0 amide bonds. The Bertz CT molecular complexity index is 1410. The second-order valence-corrected chi connectivity index (χ2v) is 9.85. The molecule has 6 rings (SSSR count). The van der Waals surface area contributed by atoms with E-state index < -0.39 is 11.1 Å². The highest BCUT2D eigenvalue weighted by Crippen LogP contribution is 2.57. The molecule has 2 saturated carbocycles. The lowest BCUT2D eigenvalue weighted by molar-refractivity contribution is -0.106. The first-order valence-electron chi connectivity index (χ1n) is 11.5. The van der Waals surface area contributed by atoms with Gasteiger partial charge in [-0.3, -0.25) is 4.79 Å². The number of hydrogen-bond acceptors (Lipinski definition) is 4. The van der Waals surface area contributed by atoms with Gasteiger partial charge in [0.1, 0.15) is 0 Å². The Morgan fingerprint density at radius 1 is 0.970 bits per heavy atom. The molecule has 2 aliphatic carbocycles. The van der Waals surface area contributed by atoms with Crippen molar-refractivity contribution in [1.29, 1.82) is 0 Å². The zero-order chi connectivity index (χ0) is 22.8. The van der Waals surface area contributed by atoms with Crippen LogP contribution >= 0.6 is 0 Å². The third-order valence-electron chi connectivity index (χ3n) is 7.51. The number of hydrogen-bond donors (Lipinski definition) is 2. The maximum Gasteiger partial charge on any atom is 0.250 e. The standard InChI is InChI=1S/C28H27N3O2/c1-31-24-15-22(18-5-3-2-4-6-18)26(30-23(24)13-14-25(31)32)19-7-9-20(10-8-19)27(29)16-28(33,17-27)21-11-12-21/h2-10,13-15,21,33H,11-12,16-17,29H2,1H3. The van der Waals surface area contributed by atoms with Crippen molar-refractivity contribution in [3.8, 4) is 22.4 Å². The number of aromatic nitrogens is 2. The molecule has 0 bridgehead atoms. The Labute approximate surface area is 192 Å². The Morgan fingerprint density at radius 3 is 2.33 bits per heavy atom. The Balaban J connectivity index is 1.43. The molecule has 2 aliphatic rings. The average Bonchev–Trinajstić information content (AvgIpc) is 3.67. The van der Waals surface area contributed by atoms with Crippen molar-refractivity contribution in [2.45, 2.75) is 36.8 Å². The fourth-order valence-electron chi connectivity index (χ4n) is 5.46. The van der Waals surface area contributed by atoms with Gasteiger partial charge in [-0.05, 0) is 54.9 Å². The summed E-state index contributed by atoms with van der Waals surface area (Å²) in [5.74, 6) is 0.430. The van der Waals surface area contributed by atoms with Gasteiger partial charge in [0.05, 0.1) is 22.3 Å². The van der Waals surface area contributed by atoms with E-state index in [1.807, 2.05) is 18.2 Å². The minimum absolute atomic E-state index is 0.0553. The third kappa shape index (κ3) is 3.31. The molecule has 4 aromatic rings. The molecule has 0 saturated heterocycles. The molecule has 0 spiro atoms. The summed E-state index contributed by atoms with van der Waals surface area (Å²) < 4.78 is 1.64. The molecule has 2 fully saturated rings. The minimum atomic E-state index is -0.580. The van der Waals surface area contributed by atoms with Crippen LogP contribution in [0.15, 0.2) is 77.6 Å². The van der Waals surface area contributed by atoms with Crippen LogP contribution in [-0.4, -0.2) is 20.3 Å². The van der Waals surface area contributed by atoms with E-state index in [0.717, 1.165) is 51.8 Å². The quantitative estimate of drug-likeness (QED) is 0.497. The van der Waals surface area contributed by atoms with Gasteiger partial charge < -0.3 is 15.4 Å². The molecule has 5 nitrogen and oxygen atoms in total. The van der Waals surface area contributed by atoms with Crippen LogP contribution in [0.25, 0.3) is 33.4 Å². The van der Waals surface area contributed by atoms with Crippen LogP contribution < -0.4 is 11.3 Å². The molecule has 2 aromatic carbocycles. The molecule has 0 aliphatic heterocycles. The molecule has 0 radical (unpaired) electrons. The van der Waals surface area contributed by atoms with Crippen molar-refractivity contribution in [3.63, 3.8) is 0 Å². The van der Waals surface area contributed by atoms with Crippen molar-refractivity contribution >= 4 is 11.0 Å². The third-order valence-corrected chi connectivity index (χ3v) is 7.51. The number of aliphatic hydroxyl groups is 1. The van der Waals surface area contributed by atoms with Crippen LogP contribution in [0.1, 0.15) is 31.2 Å². The first-order chi connectivity index (χ1) is 15.9. The van der Waals surface area contributed by atoms with Crippen molar-refractivity contribution in [2.24, 2.45) is 18.7 Å². The monoisotopic (exact) mass is 437 g/mol. The van der Waals surface area contributed by atoms with Crippen molar-refractivity contribution < 1.29 is 5.11 Å². The summed E-state index contributed by atoms with van der Waals surface area (Å²) in [7, 11) is 1.78. The van der Waals surface area contributed by atoms with Gasteiger partial charge in [0.2, 0.25) is 0 Å². The number of aryl methyl sites for hydroxylation is 1. The van der Waals surface area contributed by atoms with E-state index in [-0.39, 0.29) is 5.56 Å². The maximum absolute atomic E-state index is 12.2. The molecule has 2 heterocycles. The van der Waals surface area contributed by atoms with Crippen LogP contribution in [0.2, 0.25) is 0 Å². The van der Waals surface area contributed by atoms with E-state index in [9.17, 15) is 9.90 Å². The second kappa shape index (κ2) is 7.11. The normalized spacial score (nSPS) is 24.6. The van der Waals surface area contributed by atoms with Crippen LogP contribution in [-0.2, 0) is 12.6 Å². The number of pyridine rings is 2. The summed E-state index contributed by atoms with van der Waals surface area (Å²) >= 11 is 0. The second-order valence-electron chi connectivity index (χ2n) is 9.85. The van der Waals surface area contributed by atoms with Gasteiger partial charge in [-0.25, -0.2) is 4.98 Å². The Morgan fingerprint density at radius 2 is 1.67 bits per heavy atom. The van der Waals surface area contributed by atoms with E-state index in [1.165, 1.54) is 0 Å². The number of fused-ring (bicyclic) bond motifs is 1. The van der Waals surface area contributed by atoms with Crippen LogP contribution in [0.4, 0.5) is 0 Å². The molecule has 33 heavy (non-hydrogen) atoms. The smallest absolute Gasteiger partial charge is 0.250 e. The van der Waals surface area contributed by atoms with Gasteiger partial charge in [0.15, 0.2) is 0 Å². The van der Waals surface area contributed by atoms with Gasteiger partial charge in [-0.15, -0.1) is 0 Å². The predicted octanol–water partition coefficient (Wildman–Crippen LogP) is 4.36. The first kappa shape index (κ1) is 20.3. The topological polar surface area (TPSA) is 81.1 Å². The van der Waals surface area contributed by atoms with E-state index in [4.69, 9.17) is 10.7 Å². The first-order valence-corrected chi connectivity index (χ1v) is 11.5. The predicted molar refractivity (Wildman–Crippen MR) is 131 cm³/mol. The fourth-order valence-corrected chi connectivity index (χ4v) is 5.46. The van der Waals surface area contributed by atoms with Gasteiger partial charge in [-0.2, -0.15) is 0 Å². The highest BCUT2D eigenvalue weighted by Gasteiger charge is 2.58. The molecule has 2 aromatic heterocycles. The lowest BCUT2D eigenvalue weighted by Crippen LogP contribution is -2.60. The van der Waals surface area contributed by atoms with Gasteiger partial charge in [0.25, 0.3) is 5.56 Å². The van der Waals surface area contributed by atoms with Crippen LogP contribution in [0.3, 0.4) is 0 Å². The van der Waals surface area contributed by atoms with Gasteiger partial charge in [-0.1, -0.05) is 54.6 Å². The van der Waals surface area contributed by atoms with E-state index in [1.54, 1.807) is 23.7 Å². The van der Waals surface area contributed by atoms with Crippen molar-refractivity contribution in [3.05, 3.63) is 88.7 Å². The van der Waals surface area contributed by atoms with Gasteiger partial charge >= 0.3 is 0 Å². The zero-order valence-corrected chi connectivity index (χ0v) is 18.7. The summed E-state index contributed by atoms with van der Waals surface area (Å²) in [5.41, 5.74) is 12.1. The molecule has 0 unspecified atom stereocenters. The van der Waals surface area contributed by atoms with Crippen LogP contribution in [0.5, 0.6) is 0 Å². The molecule has 5 heteroatoms. The van der Waals surface area contributed by atoms with Crippen LogP contribution in [0, 0.1) is 5.92 Å². The number of rotatable bonds is 4.